The summed E-state index contributed by atoms with van der Waals surface area (Å²) in [4.78, 5) is 68.5. The number of fused-ring (bicyclic) bond motifs is 4. The van der Waals surface area contributed by atoms with Gasteiger partial charge in [-0.15, -0.1) is 22.7 Å². The first-order valence-corrected chi connectivity index (χ1v) is 22.6. The maximum atomic E-state index is 13.6. The van der Waals surface area contributed by atoms with Crippen LogP contribution in [0, 0.1) is 6.92 Å². The molecule has 12 rings (SSSR count). The topological polar surface area (TPSA) is 132 Å². The molecule has 6 aliphatic rings. The van der Waals surface area contributed by atoms with Gasteiger partial charge in [-0.25, -0.2) is 19.6 Å². The fourth-order valence-electron chi connectivity index (χ4n) is 9.98. The summed E-state index contributed by atoms with van der Waals surface area (Å²) >= 11 is 3.21. The van der Waals surface area contributed by atoms with Crippen LogP contribution in [-0.2, 0) is 41.1 Å². The first kappa shape index (κ1) is 37.9. The second-order valence-corrected chi connectivity index (χ2v) is 18.9. The van der Waals surface area contributed by atoms with Gasteiger partial charge in [-0.1, -0.05) is 66.7 Å². The van der Waals surface area contributed by atoms with Crippen LogP contribution in [0.25, 0.3) is 22.5 Å². The fraction of sp³-hybridized carbons (Fsp3) is 0.312. The van der Waals surface area contributed by atoms with Crippen LogP contribution in [0.2, 0.25) is 0 Å². The van der Waals surface area contributed by atoms with Gasteiger partial charge in [-0.2, -0.15) is 0 Å². The molecular weight excluding hydrogens is 807 g/mol. The minimum atomic E-state index is -0.729. The van der Waals surface area contributed by atoms with Crippen molar-refractivity contribution < 1.29 is 28.7 Å². The van der Waals surface area contributed by atoms with Gasteiger partial charge in [0, 0.05) is 71.3 Å². The van der Waals surface area contributed by atoms with Gasteiger partial charge in [0.25, 0.3) is 0 Å². The van der Waals surface area contributed by atoms with E-state index in [9.17, 15) is 19.2 Å². The number of pyridine rings is 1. The normalized spacial score (nSPS) is 23.3. The lowest BCUT2D eigenvalue weighted by Gasteiger charge is -2.27. The highest BCUT2D eigenvalue weighted by molar-refractivity contribution is 7.09. The predicted octanol–water partition coefficient (Wildman–Crippen LogP) is 7.98. The second-order valence-electron chi connectivity index (χ2n) is 17.1. The van der Waals surface area contributed by atoms with E-state index >= 15 is 0 Å². The van der Waals surface area contributed by atoms with Crippen LogP contribution < -0.4 is 0 Å². The summed E-state index contributed by atoms with van der Waals surface area (Å²) in [5, 5.41) is 5.13. The highest BCUT2D eigenvalue weighted by Gasteiger charge is 2.59. The lowest BCUT2D eigenvalue weighted by molar-refractivity contribution is -0.134. The number of aromatic nitrogens is 3. The number of carbonyl (C=O) groups excluding carboxylic acids is 4. The van der Waals surface area contributed by atoms with Gasteiger partial charge in [0.2, 0.25) is 11.8 Å². The standard InChI is InChI=1S/C24H21N3O3S.C24H20N2O3S/c1-15-26-20(13-31-15)16-2-4-17(5-3-16)23(7-8-23)22(29)27-11-9-24(14-27)19-6-10-25-12-18(19)21(28)30-24;27-21-18-3-1-2-4-19(18)24(29-21)11-12-26(14-24)22(28)23(9-10-23)17-7-5-16(6-8-17)20-13-30-15-25-20/h2-6,10,12-13H,7-9,11,14H2,1H3;1-8,13,15H,9-12,14H2. The average molecular weight is 848 g/mol. The highest BCUT2D eigenvalue weighted by Crippen LogP contribution is 2.54. The Kier molecular flexibility index (Phi) is 8.70. The van der Waals surface area contributed by atoms with Crippen molar-refractivity contribution in [2.75, 3.05) is 26.2 Å². The molecule has 0 radical (unpaired) electrons. The Morgan fingerprint density at radius 1 is 0.656 bits per heavy atom. The summed E-state index contributed by atoms with van der Waals surface area (Å²) in [5.41, 5.74) is 8.65. The van der Waals surface area contributed by atoms with Crippen molar-refractivity contribution in [3.05, 3.63) is 146 Å². The van der Waals surface area contributed by atoms with E-state index in [2.05, 4.69) is 68.9 Å². The number of thiazole rings is 2. The van der Waals surface area contributed by atoms with E-state index in [4.69, 9.17) is 9.47 Å². The van der Waals surface area contributed by atoms with Crippen molar-refractivity contribution in [1.82, 2.24) is 24.8 Å². The van der Waals surface area contributed by atoms with E-state index < -0.39 is 22.0 Å². The Morgan fingerprint density at radius 3 is 1.75 bits per heavy atom. The van der Waals surface area contributed by atoms with Gasteiger partial charge in [0.1, 0.15) is 0 Å². The molecule has 13 heteroatoms. The van der Waals surface area contributed by atoms with Crippen LogP contribution in [0.3, 0.4) is 0 Å². The van der Waals surface area contributed by atoms with Crippen LogP contribution in [-0.4, -0.2) is 74.7 Å². The van der Waals surface area contributed by atoms with Crippen molar-refractivity contribution in [1.29, 1.82) is 0 Å². The molecular formula is C48H41N5O6S2. The zero-order valence-corrected chi connectivity index (χ0v) is 35.1. The van der Waals surface area contributed by atoms with Crippen LogP contribution in [0.5, 0.6) is 0 Å². The quantitative estimate of drug-likeness (QED) is 0.153. The van der Waals surface area contributed by atoms with Gasteiger partial charge in [0.05, 0.1) is 57.0 Å². The molecule has 2 atom stereocenters. The Labute approximate surface area is 360 Å². The smallest absolute Gasteiger partial charge is 0.341 e. The number of hydrogen-bond donors (Lipinski definition) is 0. The van der Waals surface area contributed by atoms with Crippen molar-refractivity contribution >= 4 is 46.4 Å². The van der Waals surface area contributed by atoms with E-state index in [1.807, 2.05) is 57.9 Å². The van der Waals surface area contributed by atoms with Crippen molar-refractivity contribution in [3.8, 4) is 22.5 Å². The third-order valence-corrected chi connectivity index (χ3v) is 15.0. The number of rotatable bonds is 6. The summed E-state index contributed by atoms with van der Waals surface area (Å²) < 4.78 is 11.6. The number of ether oxygens (including phenoxy) is 2. The van der Waals surface area contributed by atoms with Crippen LogP contribution >= 0.6 is 22.7 Å². The zero-order valence-electron chi connectivity index (χ0n) is 33.5. The predicted molar refractivity (Wildman–Crippen MR) is 229 cm³/mol. The monoisotopic (exact) mass is 847 g/mol. The minimum absolute atomic E-state index is 0.139. The third-order valence-electron chi connectivity index (χ3n) is 13.6. The van der Waals surface area contributed by atoms with E-state index in [1.54, 1.807) is 35.1 Å². The molecule has 2 aliphatic carbocycles. The first-order valence-electron chi connectivity index (χ1n) is 20.7. The van der Waals surface area contributed by atoms with Gasteiger partial charge in [-0.05, 0) is 55.9 Å². The van der Waals surface area contributed by atoms with Crippen molar-refractivity contribution in [2.45, 2.75) is 67.5 Å². The largest absolute Gasteiger partial charge is 0.449 e. The van der Waals surface area contributed by atoms with Crippen molar-refractivity contribution in [2.24, 2.45) is 0 Å². The number of aryl methyl sites for hydroxylation is 1. The molecule has 0 N–H and O–H groups in total. The number of amides is 2. The molecule has 61 heavy (non-hydrogen) atoms. The number of esters is 2. The lowest BCUT2D eigenvalue weighted by atomic mass is 9.91. The highest BCUT2D eigenvalue weighted by atomic mass is 32.1. The number of hydrogen-bond acceptors (Lipinski definition) is 11. The lowest BCUT2D eigenvalue weighted by Crippen LogP contribution is -2.40. The molecule has 11 nitrogen and oxygen atoms in total. The molecule has 4 aliphatic heterocycles. The molecule has 2 amide bonds. The molecule has 7 heterocycles. The van der Waals surface area contributed by atoms with Crippen LogP contribution in [0.1, 0.15) is 86.5 Å². The fourth-order valence-corrected chi connectivity index (χ4v) is 11.2. The molecule has 2 saturated heterocycles. The molecule has 2 spiro atoms. The Bertz CT molecular complexity index is 2740. The summed E-state index contributed by atoms with van der Waals surface area (Å²) in [6.45, 7) is 4.05. The molecule has 2 saturated carbocycles. The van der Waals surface area contributed by atoms with Crippen LogP contribution in [0.4, 0.5) is 0 Å². The molecule has 4 fully saturated rings. The van der Waals surface area contributed by atoms with E-state index in [-0.39, 0.29) is 23.8 Å². The zero-order chi connectivity index (χ0) is 41.6. The molecule has 306 valence electrons. The summed E-state index contributed by atoms with van der Waals surface area (Å²) in [6, 6.07) is 25.9. The van der Waals surface area contributed by atoms with Gasteiger partial charge in [0.15, 0.2) is 11.2 Å². The average Bonchev–Trinajstić information content (AvgIpc) is 3.77. The number of benzene rings is 3. The van der Waals surface area contributed by atoms with Gasteiger partial charge < -0.3 is 19.3 Å². The van der Waals surface area contributed by atoms with Gasteiger partial charge in [-0.3, -0.25) is 14.6 Å². The number of nitrogens with zero attached hydrogens (tertiary/aromatic N) is 5. The van der Waals surface area contributed by atoms with E-state index in [1.165, 1.54) is 0 Å². The van der Waals surface area contributed by atoms with Crippen molar-refractivity contribution in [3.63, 3.8) is 0 Å². The summed E-state index contributed by atoms with van der Waals surface area (Å²) in [5.74, 6) is -0.327. The van der Waals surface area contributed by atoms with E-state index in [0.717, 1.165) is 75.5 Å². The maximum Gasteiger partial charge on any atom is 0.341 e. The maximum absolute atomic E-state index is 13.6. The third kappa shape index (κ3) is 6.14. The second kappa shape index (κ2) is 14.0. The Morgan fingerprint density at radius 2 is 1.21 bits per heavy atom. The first-order chi connectivity index (χ1) is 29.6. The molecule has 2 unspecified atom stereocenters. The molecule has 0 bridgehead atoms. The number of likely N-dealkylation sites (tertiary alicyclic amines) is 2. The summed E-state index contributed by atoms with van der Waals surface area (Å²) in [6.07, 6.45) is 7.95. The molecule has 3 aromatic carbocycles. The van der Waals surface area contributed by atoms with Gasteiger partial charge >= 0.3 is 11.9 Å². The number of carbonyl (C=O) groups is 4. The SMILES string of the molecule is Cc1nc(-c2ccc(C3(C(=O)N4CCC5(C4)OC(=O)c4cnccc45)CC3)cc2)cs1.O=C1OC2(CCN(C(=O)C3(c4ccc(-c5cscn5)cc4)CC3)C2)c2ccccc21. The Balaban J connectivity index is 0.000000138. The van der Waals surface area contributed by atoms with Crippen LogP contribution in [0.15, 0.2) is 108 Å². The molecule has 3 aromatic heterocycles. The summed E-state index contributed by atoms with van der Waals surface area (Å²) in [7, 11) is 0. The molecule has 6 aromatic rings. The minimum Gasteiger partial charge on any atom is -0.449 e. The van der Waals surface area contributed by atoms with E-state index in [0.29, 0.717) is 50.1 Å². The Hall–Kier alpha value is -6.05.